The number of ether oxygens (including phenoxy) is 1. The van der Waals surface area contributed by atoms with Gasteiger partial charge in [0.1, 0.15) is 5.75 Å². The fourth-order valence-corrected chi connectivity index (χ4v) is 3.31. The molecule has 3 rings (SSSR count). The first-order valence-corrected chi connectivity index (χ1v) is 9.43. The zero-order valence-electron chi connectivity index (χ0n) is 15.4. The molecule has 0 atom stereocenters. The van der Waals surface area contributed by atoms with Crippen molar-refractivity contribution in [1.82, 2.24) is 9.80 Å². The van der Waals surface area contributed by atoms with Crippen LogP contribution in [0.5, 0.6) is 5.75 Å². The zero-order chi connectivity index (χ0) is 19.2. The van der Waals surface area contributed by atoms with Crippen LogP contribution in [0.4, 0.5) is 0 Å². The van der Waals surface area contributed by atoms with Crippen molar-refractivity contribution in [3.8, 4) is 5.75 Å². The van der Waals surface area contributed by atoms with Crippen LogP contribution in [0.15, 0.2) is 48.5 Å². The number of aryl methyl sites for hydroxylation is 1. The molecule has 0 radical (unpaired) electrons. The van der Waals surface area contributed by atoms with Gasteiger partial charge in [0, 0.05) is 31.7 Å². The number of para-hydroxylation sites is 1. The van der Waals surface area contributed by atoms with E-state index in [9.17, 15) is 9.59 Å². The van der Waals surface area contributed by atoms with E-state index in [2.05, 4.69) is 0 Å². The minimum Gasteiger partial charge on any atom is -0.482 e. The third-order valence-corrected chi connectivity index (χ3v) is 4.90. The van der Waals surface area contributed by atoms with Crippen LogP contribution in [0, 0.1) is 6.92 Å². The fraction of sp³-hybridized carbons (Fsp3) is 0.333. The standard InChI is InChI=1S/C21H23ClN2O3/c1-16-6-4-7-17(14-16)21(26)24-11-5-10-23(12-13-24)20(25)15-27-19-9-3-2-8-18(19)22/h2-4,6-9,14H,5,10-13,15H2,1H3. The highest BCUT2D eigenvalue weighted by Crippen LogP contribution is 2.23. The van der Waals surface area contributed by atoms with Crippen molar-refractivity contribution in [2.24, 2.45) is 0 Å². The lowest BCUT2D eigenvalue weighted by Gasteiger charge is -2.22. The van der Waals surface area contributed by atoms with E-state index >= 15 is 0 Å². The van der Waals surface area contributed by atoms with Gasteiger partial charge in [-0.05, 0) is 37.6 Å². The van der Waals surface area contributed by atoms with Gasteiger partial charge in [-0.2, -0.15) is 0 Å². The first-order chi connectivity index (χ1) is 13.0. The van der Waals surface area contributed by atoms with Gasteiger partial charge in [0.25, 0.3) is 11.8 Å². The summed E-state index contributed by atoms with van der Waals surface area (Å²) >= 11 is 6.05. The summed E-state index contributed by atoms with van der Waals surface area (Å²) in [5, 5.41) is 0.482. The fourth-order valence-electron chi connectivity index (χ4n) is 3.12. The number of benzene rings is 2. The molecule has 5 nitrogen and oxygen atoms in total. The van der Waals surface area contributed by atoms with Crippen molar-refractivity contribution in [1.29, 1.82) is 0 Å². The quantitative estimate of drug-likeness (QED) is 0.809. The molecule has 1 heterocycles. The lowest BCUT2D eigenvalue weighted by atomic mass is 10.1. The van der Waals surface area contributed by atoms with E-state index in [1.165, 1.54) is 0 Å². The van der Waals surface area contributed by atoms with Crippen molar-refractivity contribution in [2.45, 2.75) is 13.3 Å². The van der Waals surface area contributed by atoms with Crippen LogP contribution in [0.3, 0.4) is 0 Å². The molecular weight excluding hydrogens is 364 g/mol. The predicted octanol–water partition coefficient (Wildman–Crippen LogP) is 3.40. The van der Waals surface area contributed by atoms with Gasteiger partial charge in [0.15, 0.2) is 6.61 Å². The molecule has 1 saturated heterocycles. The van der Waals surface area contributed by atoms with Crippen molar-refractivity contribution in [2.75, 3.05) is 32.8 Å². The van der Waals surface area contributed by atoms with Gasteiger partial charge in [-0.3, -0.25) is 9.59 Å². The number of nitrogens with zero attached hydrogens (tertiary/aromatic N) is 2. The number of rotatable bonds is 4. The molecule has 2 aromatic rings. The number of carbonyl (C=O) groups is 2. The Balaban J connectivity index is 1.55. The highest BCUT2D eigenvalue weighted by molar-refractivity contribution is 6.32. The normalized spacial score (nSPS) is 14.6. The summed E-state index contributed by atoms with van der Waals surface area (Å²) in [6.07, 6.45) is 0.745. The molecule has 0 saturated carbocycles. The van der Waals surface area contributed by atoms with Crippen LogP contribution < -0.4 is 4.74 Å². The summed E-state index contributed by atoms with van der Waals surface area (Å²) < 4.78 is 5.55. The monoisotopic (exact) mass is 386 g/mol. The van der Waals surface area contributed by atoms with E-state index in [0.717, 1.165) is 12.0 Å². The SMILES string of the molecule is Cc1cccc(C(=O)N2CCCN(C(=O)COc3ccccc3Cl)CC2)c1. The Hall–Kier alpha value is -2.53. The third-order valence-electron chi connectivity index (χ3n) is 4.59. The maximum absolute atomic E-state index is 12.7. The number of hydrogen-bond acceptors (Lipinski definition) is 3. The second-order valence-corrected chi connectivity index (χ2v) is 7.02. The van der Waals surface area contributed by atoms with Crippen LogP contribution in [0.25, 0.3) is 0 Å². The first kappa shape index (κ1) is 19.2. The molecule has 142 valence electrons. The summed E-state index contributed by atoms with van der Waals surface area (Å²) in [5.41, 5.74) is 1.75. The van der Waals surface area contributed by atoms with Gasteiger partial charge in [-0.25, -0.2) is 0 Å². The lowest BCUT2D eigenvalue weighted by Crippen LogP contribution is -2.39. The first-order valence-electron chi connectivity index (χ1n) is 9.05. The lowest BCUT2D eigenvalue weighted by molar-refractivity contribution is -0.133. The Morgan fingerprint density at radius 3 is 2.52 bits per heavy atom. The second-order valence-electron chi connectivity index (χ2n) is 6.62. The van der Waals surface area contributed by atoms with E-state index in [1.54, 1.807) is 17.0 Å². The second kappa shape index (κ2) is 8.91. The van der Waals surface area contributed by atoms with Crippen molar-refractivity contribution >= 4 is 23.4 Å². The maximum Gasteiger partial charge on any atom is 0.260 e. The summed E-state index contributed by atoms with van der Waals surface area (Å²) in [4.78, 5) is 28.8. The summed E-state index contributed by atoms with van der Waals surface area (Å²) in [6.45, 7) is 4.19. The molecule has 0 unspecified atom stereocenters. The van der Waals surface area contributed by atoms with E-state index in [0.29, 0.717) is 42.5 Å². The summed E-state index contributed by atoms with van der Waals surface area (Å²) in [6, 6.07) is 14.7. The van der Waals surface area contributed by atoms with Gasteiger partial charge < -0.3 is 14.5 Å². The number of amides is 2. The molecule has 1 aliphatic rings. The molecular formula is C21H23ClN2O3. The van der Waals surface area contributed by atoms with Crippen molar-refractivity contribution in [3.05, 3.63) is 64.7 Å². The maximum atomic E-state index is 12.7. The van der Waals surface area contributed by atoms with Gasteiger partial charge in [0.2, 0.25) is 0 Å². The molecule has 0 N–H and O–H groups in total. The highest BCUT2D eigenvalue weighted by Gasteiger charge is 2.23. The molecule has 2 amide bonds. The van der Waals surface area contributed by atoms with E-state index in [-0.39, 0.29) is 18.4 Å². The number of halogens is 1. The van der Waals surface area contributed by atoms with Gasteiger partial charge >= 0.3 is 0 Å². The molecule has 27 heavy (non-hydrogen) atoms. The van der Waals surface area contributed by atoms with Gasteiger partial charge in [-0.1, -0.05) is 41.4 Å². The average Bonchev–Trinajstić information content (AvgIpc) is 2.93. The molecule has 6 heteroatoms. The Labute approximate surface area is 164 Å². The van der Waals surface area contributed by atoms with Crippen LogP contribution in [-0.4, -0.2) is 54.4 Å². The molecule has 1 fully saturated rings. The number of hydrogen-bond donors (Lipinski definition) is 0. The molecule has 0 spiro atoms. The predicted molar refractivity (Wildman–Crippen MR) is 105 cm³/mol. The van der Waals surface area contributed by atoms with E-state index < -0.39 is 0 Å². The minimum atomic E-state index is -0.0974. The average molecular weight is 387 g/mol. The molecule has 2 aromatic carbocycles. The molecule has 0 aromatic heterocycles. The smallest absolute Gasteiger partial charge is 0.260 e. The zero-order valence-corrected chi connectivity index (χ0v) is 16.1. The van der Waals surface area contributed by atoms with Crippen LogP contribution in [0.1, 0.15) is 22.3 Å². The topological polar surface area (TPSA) is 49.9 Å². The molecule has 1 aliphatic heterocycles. The highest BCUT2D eigenvalue weighted by atomic mass is 35.5. The summed E-state index contributed by atoms with van der Waals surface area (Å²) in [5.74, 6) is 0.415. The number of carbonyl (C=O) groups excluding carboxylic acids is 2. The Morgan fingerprint density at radius 2 is 1.74 bits per heavy atom. The molecule has 0 bridgehead atoms. The Bertz CT molecular complexity index is 825. The van der Waals surface area contributed by atoms with Crippen molar-refractivity contribution < 1.29 is 14.3 Å². The minimum absolute atomic E-state index is 0.0142. The van der Waals surface area contributed by atoms with E-state index in [1.807, 2.05) is 48.2 Å². The van der Waals surface area contributed by atoms with Crippen LogP contribution in [0.2, 0.25) is 5.02 Å². The van der Waals surface area contributed by atoms with Gasteiger partial charge in [0.05, 0.1) is 5.02 Å². The van der Waals surface area contributed by atoms with Crippen LogP contribution in [-0.2, 0) is 4.79 Å². The van der Waals surface area contributed by atoms with Gasteiger partial charge in [-0.15, -0.1) is 0 Å². The van der Waals surface area contributed by atoms with Crippen molar-refractivity contribution in [3.63, 3.8) is 0 Å². The third kappa shape index (κ3) is 5.01. The Morgan fingerprint density at radius 1 is 1.00 bits per heavy atom. The van der Waals surface area contributed by atoms with E-state index in [4.69, 9.17) is 16.3 Å². The summed E-state index contributed by atoms with van der Waals surface area (Å²) in [7, 11) is 0. The molecule has 0 aliphatic carbocycles. The Kier molecular flexibility index (Phi) is 6.35. The van der Waals surface area contributed by atoms with Crippen LogP contribution >= 0.6 is 11.6 Å². The largest absolute Gasteiger partial charge is 0.482 e.